The second kappa shape index (κ2) is 10.9. The van der Waals surface area contributed by atoms with Gasteiger partial charge in [0.15, 0.2) is 28.2 Å². The molecule has 0 saturated heterocycles. The van der Waals surface area contributed by atoms with E-state index in [2.05, 4.69) is 0 Å². The van der Waals surface area contributed by atoms with Crippen molar-refractivity contribution in [3.63, 3.8) is 0 Å². The van der Waals surface area contributed by atoms with E-state index in [0.29, 0.717) is 0 Å². The third-order valence-corrected chi connectivity index (χ3v) is 15.9. The molecule has 0 aromatic carbocycles. The summed E-state index contributed by atoms with van der Waals surface area (Å²) >= 11 is 0. The van der Waals surface area contributed by atoms with Gasteiger partial charge in [-0.2, -0.15) is 0 Å². The molecule has 0 amide bonds. The molecule has 0 fully saturated rings. The molecule has 0 aliphatic heterocycles. The number of aliphatic hydroxyl groups excluding tert-OH is 4. The van der Waals surface area contributed by atoms with Crippen LogP contribution in [-0.2, 0) is 18.4 Å². The highest BCUT2D eigenvalue weighted by molar-refractivity contribution is 6.74. The van der Waals surface area contributed by atoms with Crippen LogP contribution in [0.5, 0.6) is 0 Å². The summed E-state index contributed by atoms with van der Waals surface area (Å²) in [6.45, 7) is 21.8. The number of Topliss-reactive ketones (excluding diaryl/α,β-unsaturated/α-hetero) is 2. The predicted molar refractivity (Wildman–Crippen MR) is 130 cm³/mol. The first-order chi connectivity index (χ1) is 14.0. The SMILES string of the molecule is CC(=O)[C@H](O)[C@@H](O)[C@@H](O[Si](C)(C)C(C)(C)C)[C@H](O[Si](C)(C)C(C)(C)C)[C@H](O)[C@@H](O)C(C)=O. The van der Waals surface area contributed by atoms with Crippen LogP contribution in [0.4, 0.5) is 0 Å². The van der Waals surface area contributed by atoms with Crippen LogP contribution in [0.15, 0.2) is 0 Å². The number of aliphatic hydroxyl groups is 4. The fourth-order valence-corrected chi connectivity index (χ4v) is 5.15. The van der Waals surface area contributed by atoms with Crippen LogP contribution >= 0.6 is 0 Å². The molecule has 0 unspecified atom stereocenters. The van der Waals surface area contributed by atoms with Gasteiger partial charge in [0.1, 0.15) is 36.6 Å². The summed E-state index contributed by atoms with van der Waals surface area (Å²) in [5.74, 6) is -1.34. The molecule has 0 aromatic rings. The normalized spacial score (nSPS) is 19.6. The summed E-state index contributed by atoms with van der Waals surface area (Å²) < 4.78 is 12.8. The molecule has 4 N–H and O–H groups in total. The van der Waals surface area contributed by atoms with Gasteiger partial charge in [-0.05, 0) is 50.1 Å². The zero-order valence-electron chi connectivity index (χ0n) is 21.9. The number of hydrogen-bond acceptors (Lipinski definition) is 8. The van der Waals surface area contributed by atoms with Gasteiger partial charge in [-0.25, -0.2) is 0 Å². The van der Waals surface area contributed by atoms with Crippen molar-refractivity contribution in [2.45, 2.75) is 128 Å². The maximum Gasteiger partial charge on any atom is 0.192 e. The Morgan fingerprint density at radius 1 is 0.625 bits per heavy atom. The van der Waals surface area contributed by atoms with Crippen LogP contribution in [0.25, 0.3) is 0 Å². The molecule has 32 heavy (non-hydrogen) atoms. The molecule has 8 nitrogen and oxygen atoms in total. The Labute approximate surface area is 195 Å². The van der Waals surface area contributed by atoms with Gasteiger partial charge in [0.2, 0.25) is 0 Å². The maximum absolute atomic E-state index is 11.9. The number of hydrogen-bond donors (Lipinski definition) is 4. The van der Waals surface area contributed by atoms with E-state index >= 15 is 0 Å². The third kappa shape index (κ3) is 7.80. The van der Waals surface area contributed by atoms with Crippen molar-refractivity contribution in [1.29, 1.82) is 0 Å². The molecule has 0 spiro atoms. The molecule has 6 atom stereocenters. The van der Waals surface area contributed by atoms with Gasteiger partial charge in [-0.15, -0.1) is 0 Å². The van der Waals surface area contributed by atoms with E-state index in [-0.39, 0.29) is 10.1 Å². The van der Waals surface area contributed by atoms with Gasteiger partial charge in [-0.1, -0.05) is 41.5 Å². The van der Waals surface area contributed by atoms with Crippen molar-refractivity contribution in [2.24, 2.45) is 0 Å². The minimum Gasteiger partial charge on any atom is -0.408 e. The van der Waals surface area contributed by atoms with Crippen LogP contribution in [0.3, 0.4) is 0 Å². The van der Waals surface area contributed by atoms with E-state index in [1.54, 1.807) is 0 Å². The van der Waals surface area contributed by atoms with Crippen LogP contribution in [0.1, 0.15) is 55.4 Å². The Hall–Kier alpha value is -0.466. The predicted octanol–water partition coefficient (Wildman–Crippen LogP) is 2.39. The standard InChI is InChI=1S/C22H46O8Si2/c1-13(23)15(25)17(27)19(29-31(9,10)21(3,4)5)20(18(28)16(26)14(2)24)30-32(11,12)22(6,7)8/h15-20,25-28H,1-12H3/t15-,16-,17+,18+,19+,20+/m0/s1. The molecule has 0 bridgehead atoms. The molecule has 0 radical (unpaired) electrons. The summed E-state index contributed by atoms with van der Waals surface area (Å²) in [6, 6.07) is 0. The van der Waals surface area contributed by atoms with Crippen molar-refractivity contribution in [2.75, 3.05) is 0 Å². The molecule has 0 aromatic heterocycles. The molecule has 0 saturated carbocycles. The number of rotatable bonds is 11. The molecule has 190 valence electrons. The lowest BCUT2D eigenvalue weighted by Crippen LogP contribution is -2.63. The highest BCUT2D eigenvalue weighted by Gasteiger charge is 2.51. The van der Waals surface area contributed by atoms with Gasteiger partial charge >= 0.3 is 0 Å². The summed E-state index contributed by atoms with van der Waals surface area (Å²) in [7, 11) is -5.26. The Morgan fingerprint density at radius 3 is 1.00 bits per heavy atom. The third-order valence-electron chi connectivity index (χ3n) is 6.95. The van der Waals surface area contributed by atoms with E-state index in [0.717, 1.165) is 13.8 Å². The Balaban J connectivity index is 6.71. The fraction of sp³-hybridized carbons (Fsp3) is 0.909. The first kappa shape index (κ1) is 31.5. The zero-order valence-corrected chi connectivity index (χ0v) is 23.9. The molecule has 0 aliphatic rings. The van der Waals surface area contributed by atoms with Crippen LogP contribution in [0.2, 0.25) is 36.3 Å². The Morgan fingerprint density at radius 2 is 0.844 bits per heavy atom. The topological polar surface area (TPSA) is 134 Å². The lowest BCUT2D eigenvalue weighted by atomic mass is 9.94. The zero-order chi connectivity index (χ0) is 26.0. The number of ketones is 2. The van der Waals surface area contributed by atoms with E-state index in [9.17, 15) is 30.0 Å². The summed E-state index contributed by atoms with van der Waals surface area (Å²) in [5, 5.41) is 42.1. The average molecular weight is 495 g/mol. The highest BCUT2D eigenvalue weighted by Crippen LogP contribution is 2.41. The first-order valence-corrected chi connectivity index (χ1v) is 16.9. The minimum absolute atomic E-state index is 0.308. The Kier molecular flexibility index (Phi) is 10.7. The molecular weight excluding hydrogens is 448 g/mol. The summed E-state index contributed by atoms with van der Waals surface area (Å²) in [5.41, 5.74) is 0. The van der Waals surface area contributed by atoms with Gasteiger partial charge < -0.3 is 29.3 Å². The Bertz CT molecular complexity index is 595. The molecule has 0 aliphatic carbocycles. The lowest BCUT2D eigenvalue weighted by Gasteiger charge is -2.48. The monoisotopic (exact) mass is 494 g/mol. The smallest absolute Gasteiger partial charge is 0.192 e. The minimum atomic E-state index is -2.63. The van der Waals surface area contributed by atoms with Crippen molar-refractivity contribution in [3.8, 4) is 0 Å². The highest BCUT2D eigenvalue weighted by atomic mass is 28.4. The first-order valence-electron chi connectivity index (χ1n) is 11.1. The van der Waals surface area contributed by atoms with E-state index in [1.165, 1.54) is 0 Å². The van der Waals surface area contributed by atoms with Crippen LogP contribution in [0, 0.1) is 0 Å². The van der Waals surface area contributed by atoms with Crippen LogP contribution < -0.4 is 0 Å². The maximum atomic E-state index is 11.9. The van der Waals surface area contributed by atoms with E-state index in [4.69, 9.17) is 8.85 Å². The largest absolute Gasteiger partial charge is 0.408 e. The number of carbonyl (C=O) groups excluding carboxylic acids is 2. The quantitative estimate of drug-likeness (QED) is 0.322. The van der Waals surface area contributed by atoms with Crippen molar-refractivity contribution < 1.29 is 38.9 Å². The summed E-state index contributed by atoms with van der Waals surface area (Å²) in [4.78, 5) is 23.8. The molecular formula is C22H46O8Si2. The molecule has 10 heteroatoms. The van der Waals surface area contributed by atoms with E-state index < -0.39 is 64.8 Å². The van der Waals surface area contributed by atoms with Gasteiger partial charge in [0, 0.05) is 0 Å². The van der Waals surface area contributed by atoms with E-state index in [1.807, 2.05) is 67.7 Å². The summed E-state index contributed by atoms with van der Waals surface area (Å²) in [6.07, 6.45) is -9.73. The van der Waals surface area contributed by atoms with Gasteiger partial charge in [0.05, 0.1) is 0 Å². The second-order valence-corrected chi connectivity index (χ2v) is 21.3. The lowest BCUT2D eigenvalue weighted by molar-refractivity contribution is -0.159. The van der Waals surface area contributed by atoms with Crippen molar-refractivity contribution >= 4 is 28.2 Å². The fourth-order valence-electron chi connectivity index (χ4n) is 2.54. The molecule has 0 rings (SSSR count). The second-order valence-electron chi connectivity index (χ2n) is 11.8. The van der Waals surface area contributed by atoms with Gasteiger partial charge in [-0.3, -0.25) is 9.59 Å². The average Bonchev–Trinajstić information content (AvgIpc) is 2.59. The van der Waals surface area contributed by atoms with Gasteiger partial charge in [0.25, 0.3) is 0 Å². The number of carbonyl (C=O) groups is 2. The van der Waals surface area contributed by atoms with Crippen molar-refractivity contribution in [3.05, 3.63) is 0 Å². The van der Waals surface area contributed by atoms with Crippen molar-refractivity contribution in [1.82, 2.24) is 0 Å². The molecule has 0 heterocycles. The van der Waals surface area contributed by atoms with Crippen LogP contribution in [-0.4, -0.2) is 85.3 Å².